The monoisotopic (exact) mass is 441 g/mol. The minimum atomic E-state index is -0.493. The zero-order valence-electron chi connectivity index (χ0n) is 17.2. The van der Waals surface area contributed by atoms with E-state index in [1.807, 2.05) is 17.0 Å². The van der Waals surface area contributed by atoms with Crippen LogP contribution in [0.25, 0.3) is 0 Å². The fourth-order valence-corrected chi connectivity index (χ4v) is 5.72. The first-order chi connectivity index (χ1) is 14.9. The fourth-order valence-electron chi connectivity index (χ4n) is 4.27. The van der Waals surface area contributed by atoms with Crippen molar-refractivity contribution in [3.05, 3.63) is 69.8 Å². The molecule has 31 heavy (non-hydrogen) atoms. The lowest BCUT2D eigenvalue weighted by Gasteiger charge is -2.44. The van der Waals surface area contributed by atoms with Gasteiger partial charge in [-0.05, 0) is 31.0 Å². The van der Waals surface area contributed by atoms with Gasteiger partial charge < -0.3 is 14.5 Å². The molecular formula is C22H23N3O5S. The number of piperidine rings is 1. The summed E-state index contributed by atoms with van der Waals surface area (Å²) in [6.07, 6.45) is 1.30. The van der Waals surface area contributed by atoms with E-state index in [0.29, 0.717) is 49.4 Å². The molecule has 4 rings (SSSR count). The lowest BCUT2D eigenvalue weighted by Crippen LogP contribution is -2.53. The highest BCUT2D eigenvalue weighted by atomic mass is 32.2. The molecule has 0 aliphatic carbocycles. The lowest BCUT2D eigenvalue weighted by atomic mass is 10.00. The number of nitro benzene ring substituents is 1. The van der Waals surface area contributed by atoms with Crippen molar-refractivity contribution in [2.24, 2.45) is 0 Å². The van der Waals surface area contributed by atoms with Gasteiger partial charge in [0.2, 0.25) is 0 Å². The van der Waals surface area contributed by atoms with Gasteiger partial charge in [-0.3, -0.25) is 19.7 Å². The second kappa shape index (κ2) is 8.58. The Hall–Kier alpha value is -3.07. The number of ether oxygens (including phenoxy) is 1. The third-order valence-electron chi connectivity index (χ3n) is 5.90. The molecule has 9 heteroatoms. The van der Waals surface area contributed by atoms with Crippen LogP contribution in [-0.2, 0) is 0 Å². The van der Waals surface area contributed by atoms with Crippen molar-refractivity contribution in [1.82, 2.24) is 9.80 Å². The van der Waals surface area contributed by atoms with Gasteiger partial charge in [-0.1, -0.05) is 18.2 Å². The zero-order valence-corrected chi connectivity index (χ0v) is 18.0. The quantitative estimate of drug-likeness (QED) is 0.533. The highest BCUT2D eigenvalue weighted by Gasteiger charge is 2.47. The average molecular weight is 442 g/mol. The number of amides is 2. The summed E-state index contributed by atoms with van der Waals surface area (Å²) in [7, 11) is 1.55. The van der Waals surface area contributed by atoms with E-state index in [0.717, 1.165) is 5.75 Å². The van der Waals surface area contributed by atoms with Crippen LogP contribution in [0.5, 0.6) is 5.75 Å². The van der Waals surface area contributed by atoms with Gasteiger partial charge in [0.25, 0.3) is 17.5 Å². The van der Waals surface area contributed by atoms with E-state index in [2.05, 4.69) is 0 Å². The number of hydrogen-bond donors (Lipinski definition) is 0. The molecule has 2 aromatic carbocycles. The molecule has 2 aliphatic heterocycles. The highest BCUT2D eigenvalue weighted by molar-refractivity contribution is 8.00. The van der Waals surface area contributed by atoms with Crippen LogP contribution in [0.2, 0.25) is 0 Å². The molecule has 0 unspecified atom stereocenters. The molecule has 2 fully saturated rings. The second-order valence-corrected chi connectivity index (χ2v) is 9.01. The summed E-state index contributed by atoms with van der Waals surface area (Å²) in [6, 6.07) is 13.0. The van der Waals surface area contributed by atoms with Crippen molar-refractivity contribution in [1.29, 1.82) is 0 Å². The van der Waals surface area contributed by atoms with E-state index in [1.54, 1.807) is 42.0 Å². The van der Waals surface area contributed by atoms with E-state index in [-0.39, 0.29) is 22.4 Å². The Labute approximate surface area is 184 Å². The van der Waals surface area contributed by atoms with Crippen molar-refractivity contribution in [3.63, 3.8) is 0 Å². The van der Waals surface area contributed by atoms with Crippen LogP contribution >= 0.6 is 11.8 Å². The fraction of sp³-hybridized carbons (Fsp3) is 0.364. The largest absolute Gasteiger partial charge is 0.496 e. The number of non-ortho nitro benzene ring substituents is 1. The van der Waals surface area contributed by atoms with E-state index >= 15 is 0 Å². The molecule has 8 nitrogen and oxygen atoms in total. The lowest BCUT2D eigenvalue weighted by molar-refractivity contribution is -0.384. The first kappa shape index (κ1) is 21.2. The molecule has 0 N–H and O–H groups in total. The molecular weight excluding hydrogens is 418 g/mol. The number of nitro groups is 1. The van der Waals surface area contributed by atoms with Gasteiger partial charge in [-0.25, -0.2) is 0 Å². The Morgan fingerprint density at radius 2 is 1.81 bits per heavy atom. The molecule has 0 atom stereocenters. The highest BCUT2D eigenvalue weighted by Crippen LogP contribution is 2.45. The average Bonchev–Trinajstić information content (AvgIpc) is 3.21. The molecule has 162 valence electrons. The summed E-state index contributed by atoms with van der Waals surface area (Å²) in [6.45, 7) is 1.65. The molecule has 2 heterocycles. The molecule has 0 radical (unpaired) electrons. The van der Waals surface area contributed by atoms with Crippen molar-refractivity contribution in [3.8, 4) is 5.75 Å². The van der Waals surface area contributed by atoms with E-state index in [1.165, 1.54) is 18.2 Å². The van der Waals surface area contributed by atoms with Crippen LogP contribution in [0.3, 0.4) is 0 Å². The zero-order chi connectivity index (χ0) is 22.0. The van der Waals surface area contributed by atoms with Crippen LogP contribution < -0.4 is 4.74 Å². The normalized spacial score (nSPS) is 17.6. The molecule has 2 saturated heterocycles. The second-order valence-electron chi connectivity index (χ2n) is 7.55. The van der Waals surface area contributed by atoms with E-state index < -0.39 is 4.92 Å². The van der Waals surface area contributed by atoms with Crippen molar-refractivity contribution >= 4 is 29.3 Å². The van der Waals surface area contributed by atoms with E-state index in [4.69, 9.17) is 4.74 Å². The van der Waals surface area contributed by atoms with Gasteiger partial charge in [-0.15, -0.1) is 11.8 Å². The minimum absolute atomic E-state index is 0.0770. The predicted molar refractivity (Wildman–Crippen MR) is 117 cm³/mol. The summed E-state index contributed by atoms with van der Waals surface area (Å²) in [4.78, 5) is 40.1. The van der Waals surface area contributed by atoms with Gasteiger partial charge in [0.1, 0.15) is 5.75 Å². The number of rotatable bonds is 4. The summed E-state index contributed by atoms with van der Waals surface area (Å²) in [5, 5.41) is 11.1. The van der Waals surface area contributed by atoms with Crippen LogP contribution in [-0.4, -0.2) is 63.9 Å². The number of carbonyl (C=O) groups is 2. The SMILES string of the molecule is COc1ccccc1C(=O)N1CCC2(CC1)SCCN2C(=O)c1cccc([N+](=O)[O-])c1. The number of benzene rings is 2. The number of carbonyl (C=O) groups excluding carboxylic acids is 2. The Kier molecular flexibility index (Phi) is 5.86. The van der Waals surface area contributed by atoms with Crippen LogP contribution in [0, 0.1) is 10.1 Å². The number of nitrogens with zero attached hydrogens (tertiary/aromatic N) is 3. The Morgan fingerprint density at radius 3 is 2.52 bits per heavy atom. The number of thioether (sulfide) groups is 1. The maximum absolute atomic E-state index is 13.2. The minimum Gasteiger partial charge on any atom is -0.496 e. The third kappa shape index (κ3) is 3.97. The molecule has 0 saturated carbocycles. The summed E-state index contributed by atoms with van der Waals surface area (Å²) in [5.74, 6) is 1.08. The number of para-hydroxylation sites is 1. The molecule has 2 amide bonds. The van der Waals surface area contributed by atoms with Gasteiger partial charge in [0, 0.05) is 43.1 Å². The first-order valence-corrected chi connectivity index (χ1v) is 11.1. The summed E-state index contributed by atoms with van der Waals surface area (Å²) >= 11 is 1.73. The van der Waals surface area contributed by atoms with Crippen LogP contribution in [0.1, 0.15) is 33.6 Å². The topological polar surface area (TPSA) is 93.0 Å². The predicted octanol–water partition coefficient (Wildman–Crippen LogP) is 3.42. The van der Waals surface area contributed by atoms with Gasteiger partial charge in [0.05, 0.1) is 22.5 Å². The Morgan fingerprint density at radius 1 is 1.06 bits per heavy atom. The summed E-state index contributed by atoms with van der Waals surface area (Å²) in [5.41, 5.74) is 0.761. The smallest absolute Gasteiger partial charge is 0.270 e. The molecule has 0 bridgehead atoms. The first-order valence-electron chi connectivity index (χ1n) is 10.1. The maximum Gasteiger partial charge on any atom is 0.270 e. The molecule has 2 aliphatic rings. The van der Waals surface area contributed by atoms with Crippen molar-refractivity contribution in [2.75, 3.05) is 32.5 Å². The van der Waals surface area contributed by atoms with Gasteiger partial charge in [-0.2, -0.15) is 0 Å². The molecule has 0 aromatic heterocycles. The Balaban J connectivity index is 1.49. The van der Waals surface area contributed by atoms with Gasteiger partial charge in [0.15, 0.2) is 0 Å². The maximum atomic E-state index is 13.2. The number of hydrogen-bond acceptors (Lipinski definition) is 6. The van der Waals surface area contributed by atoms with Crippen LogP contribution in [0.15, 0.2) is 48.5 Å². The van der Waals surface area contributed by atoms with Gasteiger partial charge >= 0.3 is 0 Å². The Bertz CT molecular complexity index is 1020. The third-order valence-corrected chi connectivity index (χ3v) is 7.45. The number of likely N-dealkylation sites (tertiary alicyclic amines) is 1. The summed E-state index contributed by atoms with van der Waals surface area (Å²) < 4.78 is 5.32. The molecule has 2 aromatic rings. The van der Waals surface area contributed by atoms with Crippen molar-refractivity contribution < 1.29 is 19.2 Å². The number of methoxy groups -OCH3 is 1. The standard InChI is InChI=1S/C22H23N3O5S/c1-30-19-8-3-2-7-18(19)21(27)23-11-9-22(10-12-23)24(13-14-31-22)20(26)16-5-4-6-17(15-16)25(28)29/h2-8,15H,9-14H2,1H3. The molecule has 1 spiro atoms. The van der Waals surface area contributed by atoms with Crippen molar-refractivity contribution in [2.45, 2.75) is 17.7 Å². The van der Waals surface area contributed by atoms with Crippen LogP contribution in [0.4, 0.5) is 5.69 Å². The van der Waals surface area contributed by atoms with E-state index in [9.17, 15) is 19.7 Å².